The van der Waals surface area contributed by atoms with Crippen LogP contribution in [0.3, 0.4) is 0 Å². The van der Waals surface area contributed by atoms with Crippen LogP contribution in [-0.2, 0) is 22.6 Å². The molecule has 1 aromatic heterocycles. The molecule has 4 nitrogen and oxygen atoms in total. The topological polar surface area (TPSA) is 53.2 Å². The Balaban J connectivity index is 2.15. The summed E-state index contributed by atoms with van der Waals surface area (Å²) in [5.74, 6) is 0.0380. The number of ketones is 1. The Morgan fingerprint density at radius 3 is 2.47 bits per heavy atom. The lowest BCUT2D eigenvalue weighted by molar-refractivity contribution is -0.133. The van der Waals surface area contributed by atoms with Crippen molar-refractivity contribution in [1.82, 2.24) is 9.88 Å². The van der Waals surface area contributed by atoms with Crippen molar-refractivity contribution in [3.8, 4) is 0 Å². The average molecular weight is 425 g/mol. The van der Waals surface area contributed by atoms with Crippen molar-refractivity contribution in [3.63, 3.8) is 0 Å². The number of hydrogen-bond donors (Lipinski definition) is 1. The highest BCUT2D eigenvalue weighted by molar-refractivity contribution is 6.31. The number of halogens is 1. The van der Waals surface area contributed by atoms with Gasteiger partial charge in [0, 0.05) is 40.1 Å². The van der Waals surface area contributed by atoms with E-state index in [2.05, 4.69) is 4.98 Å². The second-order valence-corrected chi connectivity index (χ2v) is 9.37. The highest BCUT2D eigenvalue weighted by Gasteiger charge is 2.33. The molecule has 0 aliphatic carbocycles. The summed E-state index contributed by atoms with van der Waals surface area (Å²) < 4.78 is 0. The van der Waals surface area contributed by atoms with E-state index in [1.807, 2.05) is 76.2 Å². The van der Waals surface area contributed by atoms with Gasteiger partial charge in [0.2, 0.25) is 6.41 Å². The number of H-pyrrole nitrogens is 1. The standard InChI is InChI=1S/C25H29ClN2O2/c1-5-20-23(19-12-11-18(26)13-21(19)27-20)24(22(30)14-25(2,3)4)28(16-29)15-17-9-7-6-8-10-17/h6-13,16,24,27H,5,14-15H2,1-4H3. The number of benzene rings is 2. The van der Waals surface area contributed by atoms with Gasteiger partial charge in [0.1, 0.15) is 6.04 Å². The minimum Gasteiger partial charge on any atom is -0.358 e. The Kier molecular flexibility index (Phi) is 6.67. The van der Waals surface area contributed by atoms with Crippen LogP contribution in [-0.4, -0.2) is 22.1 Å². The SMILES string of the molecule is CCc1[nH]c2cc(Cl)ccc2c1C(C(=O)CC(C)(C)C)N(C=O)Cc1ccccc1. The van der Waals surface area contributed by atoms with Crippen LogP contribution < -0.4 is 0 Å². The van der Waals surface area contributed by atoms with Crippen LogP contribution in [0.5, 0.6) is 0 Å². The summed E-state index contributed by atoms with van der Waals surface area (Å²) in [5.41, 5.74) is 3.52. The Labute approximate surface area is 183 Å². The Morgan fingerprint density at radius 1 is 1.17 bits per heavy atom. The zero-order chi connectivity index (χ0) is 21.9. The number of aromatic nitrogens is 1. The van der Waals surface area contributed by atoms with Gasteiger partial charge in [-0.3, -0.25) is 9.59 Å². The maximum absolute atomic E-state index is 13.6. The summed E-state index contributed by atoms with van der Waals surface area (Å²) in [5, 5.41) is 1.57. The molecule has 0 saturated heterocycles. The van der Waals surface area contributed by atoms with Gasteiger partial charge < -0.3 is 9.88 Å². The zero-order valence-electron chi connectivity index (χ0n) is 18.0. The molecular weight excluding hydrogens is 396 g/mol. The number of hydrogen-bond acceptors (Lipinski definition) is 2. The van der Waals surface area contributed by atoms with Crippen molar-refractivity contribution in [3.05, 3.63) is 70.4 Å². The summed E-state index contributed by atoms with van der Waals surface area (Å²) in [7, 11) is 0. The van der Waals surface area contributed by atoms with Gasteiger partial charge in [-0.25, -0.2) is 0 Å². The Morgan fingerprint density at radius 2 is 1.87 bits per heavy atom. The minimum absolute atomic E-state index is 0.0380. The highest BCUT2D eigenvalue weighted by atomic mass is 35.5. The van der Waals surface area contributed by atoms with Crippen LogP contribution >= 0.6 is 11.6 Å². The Hall–Kier alpha value is -2.59. The molecule has 1 heterocycles. The van der Waals surface area contributed by atoms with E-state index >= 15 is 0 Å². The first-order valence-corrected chi connectivity index (χ1v) is 10.7. The minimum atomic E-state index is -0.660. The highest BCUT2D eigenvalue weighted by Crippen LogP contribution is 2.36. The molecule has 1 amide bonds. The van der Waals surface area contributed by atoms with Crippen molar-refractivity contribution in [2.45, 2.75) is 53.1 Å². The predicted molar refractivity (Wildman–Crippen MR) is 123 cm³/mol. The lowest BCUT2D eigenvalue weighted by Gasteiger charge is -2.30. The van der Waals surface area contributed by atoms with E-state index in [1.54, 1.807) is 4.90 Å². The van der Waals surface area contributed by atoms with Gasteiger partial charge in [-0.1, -0.05) is 75.7 Å². The first-order valence-electron chi connectivity index (χ1n) is 10.3. The van der Waals surface area contributed by atoms with E-state index < -0.39 is 6.04 Å². The number of aryl methyl sites for hydroxylation is 1. The summed E-state index contributed by atoms with van der Waals surface area (Å²) in [6.07, 6.45) is 1.89. The zero-order valence-corrected chi connectivity index (χ0v) is 18.8. The second-order valence-electron chi connectivity index (χ2n) is 8.93. The molecule has 3 rings (SSSR count). The molecular formula is C25H29ClN2O2. The molecule has 30 heavy (non-hydrogen) atoms. The van der Waals surface area contributed by atoms with Crippen LogP contribution in [0.2, 0.25) is 5.02 Å². The molecule has 0 bridgehead atoms. The van der Waals surface area contributed by atoms with Crippen LogP contribution in [0.15, 0.2) is 48.5 Å². The van der Waals surface area contributed by atoms with E-state index in [-0.39, 0.29) is 11.2 Å². The fourth-order valence-electron chi connectivity index (χ4n) is 3.95. The first kappa shape index (κ1) is 22.1. The van der Waals surface area contributed by atoms with E-state index in [9.17, 15) is 9.59 Å². The summed E-state index contributed by atoms with van der Waals surface area (Å²) in [6, 6.07) is 14.7. The predicted octanol–water partition coefficient (Wildman–Crippen LogP) is 6.09. The molecule has 1 N–H and O–H groups in total. The summed E-state index contributed by atoms with van der Waals surface area (Å²) in [4.78, 5) is 30.9. The molecule has 158 valence electrons. The summed E-state index contributed by atoms with van der Waals surface area (Å²) in [6.45, 7) is 8.54. The van der Waals surface area contributed by atoms with E-state index in [0.717, 1.165) is 40.6 Å². The molecule has 0 saturated carbocycles. The van der Waals surface area contributed by atoms with Crippen LogP contribution in [0, 0.1) is 5.41 Å². The van der Waals surface area contributed by atoms with Gasteiger partial charge in [-0.05, 0) is 29.5 Å². The molecule has 0 radical (unpaired) electrons. The largest absolute Gasteiger partial charge is 0.358 e. The van der Waals surface area contributed by atoms with E-state index in [0.29, 0.717) is 18.0 Å². The molecule has 3 aromatic rings. The quantitative estimate of drug-likeness (QED) is 0.445. The van der Waals surface area contributed by atoms with Crippen LogP contribution in [0.25, 0.3) is 10.9 Å². The van der Waals surface area contributed by atoms with Gasteiger partial charge in [0.25, 0.3) is 0 Å². The number of carbonyl (C=O) groups is 2. The summed E-state index contributed by atoms with van der Waals surface area (Å²) >= 11 is 6.20. The third-order valence-electron chi connectivity index (χ3n) is 5.19. The number of nitrogens with one attached hydrogen (secondary N) is 1. The number of aromatic amines is 1. The molecule has 0 spiro atoms. The third kappa shape index (κ3) is 4.93. The second kappa shape index (κ2) is 9.05. The van der Waals surface area contributed by atoms with Gasteiger partial charge >= 0.3 is 0 Å². The molecule has 1 unspecified atom stereocenters. The molecule has 2 aromatic carbocycles. The van der Waals surface area contributed by atoms with Gasteiger partial charge in [0.15, 0.2) is 5.78 Å². The van der Waals surface area contributed by atoms with Crippen LogP contribution in [0.1, 0.15) is 57.0 Å². The van der Waals surface area contributed by atoms with Crippen molar-refractivity contribution >= 4 is 34.7 Å². The number of fused-ring (bicyclic) bond motifs is 1. The number of Topliss-reactive ketones (excluding diaryl/α,β-unsaturated/α-hetero) is 1. The van der Waals surface area contributed by atoms with Crippen molar-refractivity contribution < 1.29 is 9.59 Å². The molecule has 1 atom stereocenters. The molecule has 0 aliphatic rings. The van der Waals surface area contributed by atoms with Crippen molar-refractivity contribution in [2.24, 2.45) is 5.41 Å². The van der Waals surface area contributed by atoms with Crippen molar-refractivity contribution in [2.75, 3.05) is 0 Å². The lowest BCUT2D eigenvalue weighted by Crippen LogP contribution is -2.35. The van der Waals surface area contributed by atoms with Crippen molar-refractivity contribution in [1.29, 1.82) is 0 Å². The normalized spacial score (nSPS) is 12.7. The smallest absolute Gasteiger partial charge is 0.210 e. The fourth-order valence-corrected chi connectivity index (χ4v) is 4.13. The average Bonchev–Trinajstić information content (AvgIpc) is 3.04. The van der Waals surface area contributed by atoms with E-state index in [4.69, 9.17) is 11.6 Å². The number of amides is 1. The molecule has 0 fully saturated rings. The lowest BCUT2D eigenvalue weighted by atomic mass is 9.85. The van der Waals surface area contributed by atoms with Crippen LogP contribution in [0.4, 0.5) is 0 Å². The number of rotatable bonds is 8. The number of carbonyl (C=O) groups excluding carboxylic acids is 2. The Bertz CT molecular complexity index is 1030. The maximum Gasteiger partial charge on any atom is 0.210 e. The molecule has 0 aliphatic heterocycles. The van der Waals surface area contributed by atoms with Gasteiger partial charge in [-0.2, -0.15) is 0 Å². The first-order chi connectivity index (χ1) is 14.2. The van der Waals surface area contributed by atoms with Gasteiger partial charge in [-0.15, -0.1) is 0 Å². The maximum atomic E-state index is 13.6. The van der Waals surface area contributed by atoms with E-state index in [1.165, 1.54) is 0 Å². The molecule has 5 heteroatoms. The van der Waals surface area contributed by atoms with Gasteiger partial charge in [0.05, 0.1) is 0 Å². The monoisotopic (exact) mass is 424 g/mol. The third-order valence-corrected chi connectivity index (χ3v) is 5.43. The number of nitrogens with zero attached hydrogens (tertiary/aromatic N) is 1. The fraction of sp³-hybridized carbons (Fsp3) is 0.360.